The first-order valence-corrected chi connectivity index (χ1v) is 9.12. The third-order valence-corrected chi connectivity index (χ3v) is 4.56. The predicted molar refractivity (Wildman–Crippen MR) is 105 cm³/mol. The molecule has 0 radical (unpaired) electrons. The van der Waals surface area contributed by atoms with Crippen molar-refractivity contribution >= 4 is 16.7 Å². The van der Waals surface area contributed by atoms with E-state index in [-0.39, 0.29) is 0 Å². The summed E-state index contributed by atoms with van der Waals surface area (Å²) in [6.45, 7) is 2.18. The fraction of sp³-hybridized carbons (Fsp3) is 0.261. The second kappa shape index (κ2) is 8.52. The summed E-state index contributed by atoms with van der Waals surface area (Å²) in [7, 11) is 0. The van der Waals surface area contributed by atoms with Crippen molar-refractivity contribution < 1.29 is 14.6 Å². The van der Waals surface area contributed by atoms with Crippen LogP contribution in [0.2, 0.25) is 0 Å². The van der Waals surface area contributed by atoms with Gasteiger partial charge in [-0.3, -0.25) is 0 Å². The van der Waals surface area contributed by atoms with Gasteiger partial charge < -0.3 is 9.84 Å². The molecule has 0 aromatic heterocycles. The van der Waals surface area contributed by atoms with Gasteiger partial charge in [0.25, 0.3) is 0 Å². The van der Waals surface area contributed by atoms with Crippen LogP contribution in [0.5, 0.6) is 5.75 Å². The number of ether oxygens (including phenoxy) is 1. The molecule has 3 nitrogen and oxygen atoms in total. The van der Waals surface area contributed by atoms with Gasteiger partial charge in [0.2, 0.25) is 0 Å². The zero-order chi connectivity index (χ0) is 18.4. The standard InChI is InChI=1S/C23H24O3/c1-2-3-7-17-12-14-18(15-13-17)16-22(23(24)25)26-21-11-6-9-19-8-4-5-10-20(19)21/h4-6,8-15,22H,2-3,7,16H2,1H3,(H,24,25)/t22-/m1/s1. The average Bonchev–Trinajstić information content (AvgIpc) is 2.67. The van der Waals surface area contributed by atoms with Gasteiger partial charge in [-0.15, -0.1) is 0 Å². The molecule has 1 atom stereocenters. The summed E-state index contributed by atoms with van der Waals surface area (Å²) in [6.07, 6.45) is 2.82. The molecule has 0 aliphatic heterocycles. The summed E-state index contributed by atoms with van der Waals surface area (Å²) in [5, 5.41) is 11.6. The Bertz CT molecular complexity index is 863. The van der Waals surface area contributed by atoms with Crippen LogP contribution in [0.3, 0.4) is 0 Å². The number of hydrogen-bond donors (Lipinski definition) is 1. The number of benzene rings is 3. The minimum absolute atomic E-state index is 0.340. The zero-order valence-electron chi connectivity index (χ0n) is 15.0. The summed E-state index contributed by atoms with van der Waals surface area (Å²) < 4.78 is 5.89. The van der Waals surface area contributed by atoms with Crippen LogP contribution in [0.25, 0.3) is 10.8 Å². The second-order valence-corrected chi connectivity index (χ2v) is 6.55. The highest BCUT2D eigenvalue weighted by Crippen LogP contribution is 2.26. The van der Waals surface area contributed by atoms with Crippen LogP contribution in [0.4, 0.5) is 0 Å². The Balaban J connectivity index is 1.76. The molecule has 0 unspecified atom stereocenters. The quantitative estimate of drug-likeness (QED) is 0.604. The normalized spacial score (nSPS) is 12.0. The Labute approximate surface area is 154 Å². The summed E-state index contributed by atoms with van der Waals surface area (Å²) in [6, 6.07) is 21.7. The van der Waals surface area contributed by atoms with E-state index in [1.165, 1.54) is 18.4 Å². The van der Waals surface area contributed by atoms with Crippen LogP contribution < -0.4 is 4.74 Å². The van der Waals surface area contributed by atoms with E-state index in [1.807, 2.05) is 54.6 Å². The molecule has 0 saturated carbocycles. The number of aryl methyl sites for hydroxylation is 1. The van der Waals surface area contributed by atoms with Crippen molar-refractivity contribution in [2.24, 2.45) is 0 Å². The van der Waals surface area contributed by atoms with E-state index in [9.17, 15) is 9.90 Å². The van der Waals surface area contributed by atoms with E-state index in [2.05, 4.69) is 19.1 Å². The average molecular weight is 348 g/mol. The maximum Gasteiger partial charge on any atom is 0.345 e. The van der Waals surface area contributed by atoms with E-state index >= 15 is 0 Å². The van der Waals surface area contributed by atoms with Crippen LogP contribution in [0.15, 0.2) is 66.7 Å². The van der Waals surface area contributed by atoms with Crippen molar-refractivity contribution in [3.8, 4) is 5.75 Å². The molecule has 0 saturated heterocycles. The topological polar surface area (TPSA) is 46.5 Å². The monoisotopic (exact) mass is 348 g/mol. The first-order chi connectivity index (χ1) is 12.7. The van der Waals surface area contributed by atoms with Crippen molar-refractivity contribution in [3.05, 3.63) is 77.9 Å². The number of carboxylic acid groups (broad SMARTS) is 1. The molecular formula is C23H24O3. The number of carbonyl (C=O) groups is 1. The largest absolute Gasteiger partial charge is 0.478 e. The van der Waals surface area contributed by atoms with Gasteiger partial charge >= 0.3 is 5.97 Å². The van der Waals surface area contributed by atoms with Gasteiger partial charge in [0, 0.05) is 11.8 Å². The van der Waals surface area contributed by atoms with Crippen molar-refractivity contribution in [3.63, 3.8) is 0 Å². The molecule has 0 bridgehead atoms. The molecule has 0 spiro atoms. The van der Waals surface area contributed by atoms with Gasteiger partial charge in [-0.2, -0.15) is 0 Å². The summed E-state index contributed by atoms with van der Waals surface area (Å²) >= 11 is 0. The van der Waals surface area contributed by atoms with Crippen LogP contribution in [0.1, 0.15) is 30.9 Å². The Morgan fingerprint density at radius 3 is 2.38 bits per heavy atom. The summed E-state index contributed by atoms with van der Waals surface area (Å²) in [4.78, 5) is 11.7. The Hall–Kier alpha value is -2.81. The molecule has 3 aromatic rings. The van der Waals surface area contributed by atoms with Gasteiger partial charge in [0.15, 0.2) is 6.10 Å². The third-order valence-electron chi connectivity index (χ3n) is 4.56. The lowest BCUT2D eigenvalue weighted by Crippen LogP contribution is -2.29. The van der Waals surface area contributed by atoms with Crippen molar-refractivity contribution in [1.82, 2.24) is 0 Å². The van der Waals surface area contributed by atoms with E-state index in [4.69, 9.17) is 4.74 Å². The molecule has 3 heteroatoms. The molecule has 134 valence electrons. The SMILES string of the molecule is CCCCc1ccc(C[C@@H](Oc2cccc3ccccc23)C(=O)O)cc1. The number of aliphatic carboxylic acids is 1. The minimum Gasteiger partial charge on any atom is -0.478 e. The van der Waals surface area contributed by atoms with Gasteiger partial charge in [-0.05, 0) is 35.4 Å². The van der Waals surface area contributed by atoms with Gasteiger partial charge in [-0.25, -0.2) is 4.79 Å². The number of fused-ring (bicyclic) bond motifs is 1. The maximum absolute atomic E-state index is 11.7. The second-order valence-electron chi connectivity index (χ2n) is 6.55. The van der Waals surface area contributed by atoms with Gasteiger partial charge in [0.1, 0.15) is 5.75 Å². The highest BCUT2D eigenvalue weighted by molar-refractivity contribution is 5.88. The zero-order valence-corrected chi connectivity index (χ0v) is 15.0. The number of hydrogen-bond acceptors (Lipinski definition) is 2. The van der Waals surface area contributed by atoms with Crippen molar-refractivity contribution in [2.45, 2.75) is 38.7 Å². The molecule has 3 rings (SSSR count). The lowest BCUT2D eigenvalue weighted by Gasteiger charge is -2.17. The maximum atomic E-state index is 11.7. The van der Waals surface area contributed by atoms with Crippen molar-refractivity contribution in [2.75, 3.05) is 0 Å². The molecule has 0 aliphatic rings. The predicted octanol–water partition coefficient (Wildman–Crippen LogP) is 5.26. The Morgan fingerprint density at radius 2 is 1.65 bits per heavy atom. The Kier molecular flexibility index (Phi) is 5.90. The van der Waals surface area contributed by atoms with E-state index in [1.54, 1.807) is 0 Å². The van der Waals surface area contributed by atoms with Gasteiger partial charge in [0.05, 0.1) is 0 Å². The molecule has 0 aliphatic carbocycles. The van der Waals surface area contributed by atoms with Gasteiger partial charge in [-0.1, -0.05) is 74.0 Å². The highest BCUT2D eigenvalue weighted by atomic mass is 16.5. The first kappa shape index (κ1) is 18.0. The highest BCUT2D eigenvalue weighted by Gasteiger charge is 2.21. The van der Waals surface area contributed by atoms with E-state index in [0.29, 0.717) is 12.2 Å². The van der Waals surface area contributed by atoms with E-state index in [0.717, 1.165) is 22.8 Å². The number of carboxylic acids is 1. The summed E-state index contributed by atoms with van der Waals surface area (Å²) in [5.74, 6) is -0.344. The third kappa shape index (κ3) is 4.42. The fourth-order valence-corrected chi connectivity index (χ4v) is 3.07. The molecule has 3 aromatic carbocycles. The molecule has 1 N–H and O–H groups in total. The molecule has 26 heavy (non-hydrogen) atoms. The van der Waals surface area contributed by atoms with Crippen LogP contribution in [-0.2, 0) is 17.6 Å². The molecule has 0 amide bonds. The fourth-order valence-electron chi connectivity index (χ4n) is 3.07. The molecule has 0 fully saturated rings. The van der Waals surface area contributed by atoms with Crippen molar-refractivity contribution in [1.29, 1.82) is 0 Å². The van der Waals surface area contributed by atoms with Crippen LogP contribution in [-0.4, -0.2) is 17.2 Å². The van der Waals surface area contributed by atoms with Crippen LogP contribution in [0, 0.1) is 0 Å². The Morgan fingerprint density at radius 1 is 0.962 bits per heavy atom. The summed E-state index contributed by atoms with van der Waals surface area (Å²) in [5.41, 5.74) is 2.26. The lowest BCUT2D eigenvalue weighted by atomic mass is 10.0. The first-order valence-electron chi connectivity index (χ1n) is 9.12. The molecule has 0 heterocycles. The number of unbranched alkanes of at least 4 members (excludes halogenated alkanes) is 1. The van der Waals surface area contributed by atoms with E-state index < -0.39 is 12.1 Å². The van der Waals surface area contributed by atoms with Crippen LogP contribution >= 0.6 is 0 Å². The number of rotatable bonds is 8. The molecular weight excluding hydrogens is 324 g/mol. The minimum atomic E-state index is -0.951. The lowest BCUT2D eigenvalue weighted by molar-refractivity contribution is -0.144. The smallest absolute Gasteiger partial charge is 0.345 e.